The van der Waals surface area contributed by atoms with E-state index in [0.29, 0.717) is 4.77 Å². The van der Waals surface area contributed by atoms with Crippen molar-refractivity contribution in [3.63, 3.8) is 0 Å². The highest BCUT2D eigenvalue weighted by atomic mass is 32.2. The lowest BCUT2D eigenvalue weighted by atomic mass is 10.0. The molecule has 134 valence electrons. The highest BCUT2D eigenvalue weighted by molar-refractivity contribution is 7.99. The molecule has 3 aromatic carbocycles. The normalized spacial score (nSPS) is 12.6. The molecule has 0 spiro atoms. The Morgan fingerprint density at radius 1 is 0.893 bits per heavy atom. The number of nitrogens with zero attached hydrogens (tertiary/aromatic N) is 3. The van der Waals surface area contributed by atoms with Crippen molar-refractivity contribution in [2.45, 2.75) is 9.79 Å². The lowest BCUT2D eigenvalue weighted by Crippen LogP contribution is -1.99. The van der Waals surface area contributed by atoms with Gasteiger partial charge in [0.15, 0.2) is 5.65 Å². The second-order valence-electron chi connectivity index (χ2n) is 6.47. The quantitative estimate of drug-likeness (QED) is 0.350. The summed E-state index contributed by atoms with van der Waals surface area (Å²) in [5.41, 5.74) is 2.60. The number of aromatic amines is 1. The van der Waals surface area contributed by atoms with E-state index >= 15 is 0 Å². The van der Waals surface area contributed by atoms with Gasteiger partial charge < -0.3 is 4.74 Å². The summed E-state index contributed by atoms with van der Waals surface area (Å²) in [4.78, 5) is 2.18. The Balaban J connectivity index is 1.58. The molecule has 6 rings (SSSR count). The van der Waals surface area contributed by atoms with Crippen LogP contribution in [0.1, 0.15) is 0 Å². The first-order valence-corrected chi connectivity index (χ1v) is 9.96. The van der Waals surface area contributed by atoms with Crippen LogP contribution in [-0.2, 0) is 0 Å². The largest absolute Gasteiger partial charge is 0.455 e. The van der Waals surface area contributed by atoms with Crippen LogP contribution in [0.3, 0.4) is 0 Å². The van der Waals surface area contributed by atoms with Crippen LogP contribution in [0.4, 0.5) is 0 Å². The zero-order valence-corrected chi connectivity index (χ0v) is 16.1. The predicted molar refractivity (Wildman–Crippen MR) is 112 cm³/mol. The summed E-state index contributed by atoms with van der Waals surface area (Å²) in [5, 5.41) is 14.0. The number of nitrogens with one attached hydrogen (secondary N) is 1. The van der Waals surface area contributed by atoms with Crippen LogP contribution in [0.5, 0.6) is 11.5 Å². The van der Waals surface area contributed by atoms with E-state index in [1.807, 2.05) is 48.5 Å². The SMILES string of the molecule is S=c1[nH]nc2c3ccccc3c(-c3ccc4c(c3)Sc3ccccc3O4)nn12. The molecule has 5 aromatic rings. The van der Waals surface area contributed by atoms with Gasteiger partial charge in [-0.05, 0) is 42.5 Å². The van der Waals surface area contributed by atoms with Gasteiger partial charge in [0.2, 0.25) is 4.77 Å². The number of para-hydroxylation sites is 1. The van der Waals surface area contributed by atoms with Gasteiger partial charge in [0, 0.05) is 16.3 Å². The van der Waals surface area contributed by atoms with E-state index in [-0.39, 0.29) is 0 Å². The molecule has 0 radical (unpaired) electrons. The van der Waals surface area contributed by atoms with Gasteiger partial charge in [-0.15, -0.1) is 0 Å². The smallest absolute Gasteiger partial charge is 0.216 e. The lowest BCUT2D eigenvalue weighted by molar-refractivity contribution is 0.454. The van der Waals surface area contributed by atoms with E-state index < -0.39 is 0 Å². The number of rotatable bonds is 1. The fourth-order valence-electron chi connectivity index (χ4n) is 3.49. The van der Waals surface area contributed by atoms with E-state index in [1.165, 1.54) is 0 Å². The van der Waals surface area contributed by atoms with Gasteiger partial charge in [0.25, 0.3) is 0 Å². The molecule has 3 heterocycles. The lowest BCUT2D eigenvalue weighted by Gasteiger charge is -2.20. The first-order valence-electron chi connectivity index (χ1n) is 8.73. The monoisotopic (exact) mass is 400 g/mol. The molecule has 0 saturated carbocycles. The number of H-pyrrole nitrogens is 1. The zero-order valence-electron chi connectivity index (χ0n) is 14.4. The fraction of sp³-hybridized carbons (Fsp3) is 0. The molecular formula is C21H12N4OS2. The van der Waals surface area contributed by atoms with Crippen molar-refractivity contribution in [1.82, 2.24) is 19.8 Å². The molecule has 0 fully saturated rings. The maximum atomic E-state index is 6.05. The van der Waals surface area contributed by atoms with Crippen LogP contribution in [0.25, 0.3) is 27.7 Å². The highest BCUT2D eigenvalue weighted by Crippen LogP contribution is 2.48. The summed E-state index contributed by atoms with van der Waals surface area (Å²) < 4.78 is 8.22. The number of hydrogen-bond donors (Lipinski definition) is 1. The number of aromatic nitrogens is 4. The van der Waals surface area contributed by atoms with E-state index in [1.54, 1.807) is 16.3 Å². The molecule has 0 atom stereocenters. The van der Waals surface area contributed by atoms with Gasteiger partial charge in [0.1, 0.15) is 11.5 Å². The minimum Gasteiger partial charge on any atom is -0.455 e. The van der Waals surface area contributed by atoms with Gasteiger partial charge in [0.05, 0.1) is 15.5 Å². The van der Waals surface area contributed by atoms with Gasteiger partial charge >= 0.3 is 0 Å². The topological polar surface area (TPSA) is 55.2 Å². The third-order valence-electron chi connectivity index (χ3n) is 4.78. The van der Waals surface area contributed by atoms with Crippen molar-refractivity contribution >= 4 is 40.4 Å². The zero-order chi connectivity index (χ0) is 18.7. The molecule has 0 aliphatic carbocycles. The Hall–Kier alpha value is -3.16. The average molecular weight is 400 g/mol. The predicted octanol–water partition coefficient (Wildman–Crippen LogP) is 5.86. The molecule has 1 aliphatic rings. The number of ether oxygens (including phenoxy) is 1. The second kappa shape index (κ2) is 5.92. The van der Waals surface area contributed by atoms with Crippen LogP contribution in [0.2, 0.25) is 0 Å². The van der Waals surface area contributed by atoms with E-state index in [2.05, 4.69) is 28.4 Å². The summed E-state index contributed by atoms with van der Waals surface area (Å²) in [5.74, 6) is 1.75. The Bertz CT molecular complexity index is 1450. The van der Waals surface area contributed by atoms with Crippen LogP contribution in [0, 0.1) is 4.77 Å². The van der Waals surface area contributed by atoms with Gasteiger partial charge in [-0.2, -0.15) is 14.7 Å². The molecule has 1 N–H and O–H groups in total. The third kappa shape index (κ3) is 2.30. The number of fused-ring (bicyclic) bond motifs is 5. The van der Waals surface area contributed by atoms with Crippen LogP contribution in [0.15, 0.2) is 76.5 Å². The average Bonchev–Trinajstić information content (AvgIpc) is 3.12. The van der Waals surface area contributed by atoms with E-state index in [4.69, 9.17) is 22.1 Å². The molecule has 0 amide bonds. The van der Waals surface area contributed by atoms with Crippen molar-refractivity contribution < 1.29 is 4.74 Å². The molecule has 0 bridgehead atoms. The third-order valence-corrected chi connectivity index (χ3v) is 6.14. The molecular weight excluding hydrogens is 388 g/mol. The van der Waals surface area contributed by atoms with E-state index in [0.717, 1.165) is 49.0 Å². The minimum absolute atomic E-state index is 0.478. The number of benzene rings is 3. The molecule has 2 aromatic heterocycles. The Morgan fingerprint density at radius 3 is 2.61 bits per heavy atom. The Labute approximate surface area is 169 Å². The standard InChI is InChI=1S/C21H12N4OS2/c27-21-23-22-20-14-6-2-1-5-13(14)19(24-25(20)21)12-9-10-16-18(11-12)28-17-8-4-3-7-15(17)26-16/h1-11H,(H,23,27). The fourth-order valence-corrected chi connectivity index (χ4v) is 4.65. The summed E-state index contributed by atoms with van der Waals surface area (Å²) in [6.07, 6.45) is 0. The molecule has 28 heavy (non-hydrogen) atoms. The molecule has 7 heteroatoms. The summed E-state index contributed by atoms with van der Waals surface area (Å²) >= 11 is 7.07. The maximum absolute atomic E-state index is 6.05. The molecule has 1 aliphatic heterocycles. The second-order valence-corrected chi connectivity index (χ2v) is 7.94. The Morgan fingerprint density at radius 2 is 1.68 bits per heavy atom. The van der Waals surface area contributed by atoms with Crippen LogP contribution < -0.4 is 4.74 Å². The molecule has 0 saturated heterocycles. The van der Waals surface area contributed by atoms with Crippen molar-refractivity contribution in [2.75, 3.05) is 0 Å². The van der Waals surface area contributed by atoms with Crippen LogP contribution in [-0.4, -0.2) is 19.8 Å². The summed E-state index contributed by atoms with van der Waals surface area (Å²) in [6.45, 7) is 0. The molecule has 0 unspecified atom stereocenters. The van der Waals surface area contributed by atoms with Crippen molar-refractivity contribution in [1.29, 1.82) is 0 Å². The van der Waals surface area contributed by atoms with Crippen molar-refractivity contribution in [3.8, 4) is 22.8 Å². The number of hydrogen-bond acceptors (Lipinski definition) is 5. The van der Waals surface area contributed by atoms with E-state index in [9.17, 15) is 0 Å². The van der Waals surface area contributed by atoms with Crippen molar-refractivity contribution in [2.24, 2.45) is 0 Å². The van der Waals surface area contributed by atoms with Crippen molar-refractivity contribution in [3.05, 3.63) is 71.5 Å². The van der Waals surface area contributed by atoms with Crippen LogP contribution >= 0.6 is 24.0 Å². The first-order chi connectivity index (χ1) is 13.8. The highest BCUT2D eigenvalue weighted by Gasteiger charge is 2.19. The van der Waals surface area contributed by atoms with Gasteiger partial charge in [-0.3, -0.25) is 0 Å². The van der Waals surface area contributed by atoms with Gasteiger partial charge in [-0.1, -0.05) is 48.2 Å². The Kier molecular flexibility index (Phi) is 3.35. The van der Waals surface area contributed by atoms with Gasteiger partial charge in [-0.25, -0.2) is 5.10 Å². The first kappa shape index (κ1) is 15.9. The summed E-state index contributed by atoms with van der Waals surface area (Å²) in [7, 11) is 0. The maximum Gasteiger partial charge on any atom is 0.216 e. The molecule has 5 nitrogen and oxygen atoms in total. The minimum atomic E-state index is 0.478. The summed E-state index contributed by atoms with van der Waals surface area (Å²) in [6, 6.07) is 22.3.